The molecule has 0 aliphatic rings. The fraction of sp³-hybridized carbons (Fsp3) is 0.271. The van der Waals surface area contributed by atoms with Gasteiger partial charge in [-0.3, -0.25) is 4.79 Å². The summed E-state index contributed by atoms with van der Waals surface area (Å²) in [5.41, 5.74) is 5.77. The van der Waals surface area contributed by atoms with E-state index in [1.807, 2.05) is 67.6 Å². The first-order valence-corrected chi connectivity index (χ1v) is 19.0. The first-order valence-electron chi connectivity index (χ1n) is 19.0. The Morgan fingerprint density at radius 3 is 1.31 bits per heavy atom. The molecule has 0 amide bonds. The molecular formula is C48H51FO5. The second-order valence-corrected chi connectivity index (χ2v) is 13.3. The van der Waals surface area contributed by atoms with E-state index in [2.05, 4.69) is 43.0 Å². The Kier molecular flexibility index (Phi) is 16.0. The number of ether oxygens (including phenoxy) is 4. The molecule has 0 atom stereocenters. The summed E-state index contributed by atoms with van der Waals surface area (Å²) in [6, 6.07) is 37.4. The van der Waals surface area contributed by atoms with Gasteiger partial charge in [0.05, 0.1) is 13.2 Å². The molecule has 0 saturated heterocycles. The lowest BCUT2D eigenvalue weighted by molar-refractivity contribution is 0.104. The molecule has 0 bridgehead atoms. The highest BCUT2D eigenvalue weighted by Crippen LogP contribution is 2.25. The predicted octanol–water partition coefficient (Wildman–Crippen LogP) is 12.5. The highest BCUT2D eigenvalue weighted by molar-refractivity contribution is 6.06. The van der Waals surface area contributed by atoms with E-state index in [0.717, 1.165) is 71.1 Å². The second-order valence-electron chi connectivity index (χ2n) is 13.3. The van der Waals surface area contributed by atoms with Crippen LogP contribution in [0.3, 0.4) is 0 Å². The van der Waals surface area contributed by atoms with Crippen molar-refractivity contribution in [1.82, 2.24) is 0 Å². The largest absolute Gasteiger partial charge is 0.494 e. The number of rotatable bonds is 23. The Bertz CT molecular complexity index is 1880. The SMILES string of the molecule is C=C(C)c1ccc(OCCCCCCCCCCOc2ccc(-c3ccc(OCCOc4ccc(/C=C/C(=O)c5ccc(F)cc5)cc4)cc3)cc2)cc1. The minimum absolute atomic E-state index is 0.182. The van der Waals surface area contributed by atoms with Crippen molar-refractivity contribution in [3.63, 3.8) is 0 Å². The normalized spacial score (nSPS) is 11.0. The third-order valence-corrected chi connectivity index (χ3v) is 9.02. The third kappa shape index (κ3) is 13.7. The van der Waals surface area contributed by atoms with Crippen LogP contribution in [0.25, 0.3) is 22.8 Å². The molecule has 5 nitrogen and oxygen atoms in total. The molecule has 0 aliphatic heterocycles. The summed E-state index contributed by atoms with van der Waals surface area (Å²) in [6.07, 6.45) is 12.8. The maximum Gasteiger partial charge on any atom is 0.185 e. The summed E-state index contributed by atoms with van der Waals surface area (Å²) in [5, 5.41) is 0. The summed E-state index contributed by atoms with van der Waals surface area (Å²) < 4.78 is 36.6. The highest BCUT2D eigenvalue weighted by atomic mass is 19.1. The molecule has 0 heterocycles. The molecule has 6 heteroatoms. The van der Waals surface area contributed by atoms with Crippen molar-refractivity contribution in [3.8, 4) is 34.1 Å². The quantitative estimate of drug-likeness (QED) is 0.0381. The predicted molar refractivity (Wildman–Crippen MR) is 218 cm³/mol. The van der Waals surface area contributed by atoms with Crippen LogP contribution in [-0.2, 0) is 0 Å². The van der Waals surface area contributed by atoms with Crippen LogP contribution in [0.5, 0.6) is 23.0 Å². The van der Waals surface area contributed by atoms with Gasteiger partial charge in [0.2, 0.25) is 0 Å². The van der Waals surface area contributed by atoms with E-state index in [1.54, 1.807) is 6.08 Å². The topological polar surface area (TPSA) is 54.0 Å². The standard InChI is InChI=1S/C48H51FO5/c1-37(2)39-16-26-45(27-17-39)51-33-9-7-5-3-4-6-8-10-34-52-46-28-18-40(19-29-46)41-20-30-47(31-21-41)54-36-35-53-44-24-11-38(12-25-44)13-32-48(50)42-14-22-43(49)23-15-42/h11-32H,1,3-10,33-36H2,2H3/b32-13+. The van der Waals surface area contributed by atoms with Crippen molar-refractivity contribution in [2.75, 3.05) is 26.4 Å². The molecule has 0 fully saturated rings. The number of carbonyl (C=O) groups is 1. The van der Waals surface area contributed by atoms with Crippen molar-refractivity contribution in [3.05, 3.63) is 156 Å². The van der Waals surface area contributed by atoms with E-state index < -0.39 is 0 Å². The summed E-state index contributed by atoms with van der Waals surface area (Å²) >= 11 is 0. The van der Waals surface area contributed by atoms with Crippen LogP contribution in [0, 0.1) is 5.82 Å². The number of unbranched alkanes of at least 4 members (excludes halogenated alkanes) is 7. The summed E-state index contributed by atoms with van der Waals surface area (Å²) in [7, 11) is 0. The number of ketones is 1. The van der Waals surface area contributed by atoms with Gasteiger partial charge >= 0.3 is 0 Å². The number of hydrogen-bond donors (Lipinski definition) is 0. The number of benzene rings is 5. The third-order valence-electron chi connectivity index (χ3n) is 9.02. The second kappa shape index (κ2) is 21.8. The Morgan fingerprint density at radius 1 is 0.500 bits per heavy atom. The number of allylic oxidation sites excluding steroid dienone is 2. The molecule has 0 N–H and O–H groups in total. The molecule has 0 unspecified atom stereocenters. The maximum atomic E-state index is 13.1. The lowest BCUT2D eigenvalue weighted by Gasteiger charge is -2.10. The smallest absolute Gasteiger partial charge is 0.185 e. The zero-order chi connectivity index (χ0) is 37.8. The van der Waals surface area contributed by atoms with Crippen LogP contribution in [0.1, 0.15) is 79.8 Å². The van der Waals surface area contributed by atoms with Crippen LogP contribution in [0.2, 0.25) is 0 Å². The van der Waals surface area contributed by atoms with E-state index in [-0.39, 0.29) is 11.6 Å². The highest BCUT2D eigenvalue weighted by Gasteiger charge is 2.04. The number of hydrogen-bond acceptors (Lipinski definition) is 5. The van der Waals surface area contributed by atoms with Crippen LogP contribution in [0.4, 0.5) is 4.39 Å². The molecule has 0 aromatic heterocycles. The lowest BCUT2D eigenvalue weighted by Crippen LogP contribution is -2.08. The van der Waals surface area contributed by atoms with Crippen molar-refractivity contribution in [2.24, 2.45) is 0 Å². The minimum atomic E-state index is -0.367. The van der Waals surface area contributed by atoms with Gasteiger partial charge in [0.25, 0.3) is 0 Å². The fourth-order valence-corrected chi connectivity index (χ4v) is 5.84. The van der Waals surface area contributed by atoms with Gasteiger partial charge in [0.15, 0.2) is 5.78 Å². The van der Waals surface area contributed by atoms with Crippen molar-refractivity contribution >= 4 is 17.4 Å². The van der Waals surface area contributed by atoms with Crippen LogP contribution in [-0.4, -0.2) is 32.2 Å². The molecule has 0 aliphatic carbocycles. The van der Waals surface area contributed by atoms with Gasteiger partial charge in [-0.05, 0) is 121 Å². The van der Waals surface area contributed by atoms with Crippen LogP contribution < -0.4 is 18.9 Å². The minimum Gasteiger partial charge on any atom is -0.494 e. The Morgan fingerprint density at radius 2 is 0.870 bits per heavy atom. The van der Waals surface area contributed by atoms with Gasteiger partial charge in [-0.1, -0.05) is 105 Å². The maximum absolute atomic E-state index is 13.1. The summed E-state index contributed by atoms with van der Waals surface area (Å²) in [6.45, 7) is 8.31. The molecule has 54 heavy (non-hydrogen) atoms. The summed E-state index contributed by atoms with van der Waals surface area (Å²) in [4.78, 5) is 12.3. The first-order chi connectivity index (χ1) is 26.4. The molecular weight excluding hydrogens is 676 g/mol. The van der Waals surface area contributed by atoms with E-state index in [0.29, 0.717) is 24.5 Å². The molecule has 0 saturated carbocycles. The zero-order valence-electron chi connectivity index (χ0n) is 31.3. The molecule has 5 aromatic carbocycles. The Balaban J connectivity index is 0.880. The fourth-order valence-electron chi connectivity index (χ4n) is 5.84. The average molecular weight is 727 g/mol. The number of halogens is 1. The van der Waals surface area contributed by atoms with Gasteiger partial charge in [-0.2, -0.15) is 0 Å². The van der Waals surface area contributed by atoms with E-state index in [4.69, 9.17) is 18.9 Å². The van der Waals surface area contributed by atoms with Gasteiger partial charge in [0, 0.05) is 5.56 Å². The van der Waals surface area contributed by atoms with E-state index in [1.165, 1.54) is 68.9 Å². The van der Waals surface area contributed by atoms with Crippen molar-refractivity contribution < 1.29 is 28.1 Å². The Labute approximate surface area is 320 Å². The molecule has 0 spiro atoms. The molecule has 5 aromatic rings. The Hall–Kier alpha value is -5.62. The average Bonchev–Trinajstić information content (AvgIpc) is 3.20. The molecule has 280 valence electrons. The first kappa shape index (κ1) is 39.6. The number of carbonyl (C=O) groups excluding carboxylic acids is 1. The van der Waals surface area contributed by atoms with E-state index >= 15 is 0 Å². The van der Waals surface area contributed by atoms with E-state index in [9.17, 15) is 9.18 Å². The van der Waals surface area contributed by atoms with Crippen molar-refractivity contribution in [1.29, 1.82) is 0 Å². The summed E-state index contributed by atoms with van der Waals surface area (Å²) in [5.74, 6) is 2.78. The molecule has 5 rings (SSSR count). The van der Waals surface area contributed by atoms with Crippen LogP contribution >= 0.6 is 0 Å². The van der Waals surface area contributed by atoms with Crippen molar-refractivity contribution in [2.45, 2.75) is 58.3 Å². The lowest BCUT2D eigenvalue weighted by atomic mass is 10.1. The monoisotopic (exact) mass is 726 g/mol. The van der Waals surface area contributed by atoms with Gasteiger partial charge < -0.3 is 18.9 Å². The molecule has 0 radical (unpaired) electrons. The van der Waals surface area contributed by atoms with Gasteiger partial charge in [-0.15, -0.1) is 0 Å². The van der Waals surface area contributed by atoms with Crippen LogP contribution in [0.15, 0.2) is 134 Å². The van der Waals surface area contributed by atoms with Gasteiger partial charge in [-0.25, -0.2) is 4.39 Å². The van der Waals surface area contributed by atoms with Gasteiger partial charge in [0.1, 0.15) is 42.0 Å². The zero-order valence-corrected chi connectivity index (χ0v) is 31.3.